The van der Waals surface area contributed by atoms with E-state index in [0.29, 0.717) is 16.6 Å². The van der Waals surface area contributed by atoms with E-state index in [-0.39, 0.29) is 0 Å². The van der Waals surface area contributed by atoms with Crippen molar-refractivity contribution in [3.8, 4) is 0 Å². The van der Waals surface area contributed by atoms with Gasteiger partial charge in [0.1, 0.15) is 5.15 Å². The van der Waals surface area contributed by atoms with Crippen LogP contribution in [0.5, 0.6) is 0 Å². The lowest BCUT2D eigenvalue weighted by Gasteiger charge is -2.35. The lowest BCUT2D eigenvalue weighted by Crippen LogP contribution is -2.30. The Morgan fingerprint density at radius 1 is 1.29 bits per heavy atom. The molecule has 1 aliphatic rings. The van der Waals surface area contributed by atoms with Gasteiger partial charge in [0, 0.05) is 6.04 Å². The van der Waals surface area contributed by atoms with Gasteiger partial charge in [-0.3, -0.25) is 0 Å². The maximum absolute atomic E-state index is 5.86. The number of anilines is 1. The summed E-state index contributed by atoms with van der Waals surface area (Å²) in [5.74, 6) is 0. The second kappa shape index (κ2) is 4.85. The molecule has 3 heteroatoms. The highest BCUT2D eigenvalue weighted by Crippen LogP contribution is 2.36. The zero-order valence-electron chi connectivity index (χ0n) is 10.9. The van der Waals surface area contributed by atoms with Crippen LogP contribution in [0.25, 0.3) is 0 Å². The Morgan fingerprint density at radius 3 is 2.53 bits per heavy atom. The van der Waals surface area contributed by atoms with Gasteiger partial charge >= 0.3 is 0 Å². The first-order chi connectivity index (χ1) is 7.96. The van der Waals surface area contributed by atoms with E-state index in [2.05, 4.69) is 24.1 Å². The Kier molecular flexibility index (Phi) is 3.62. The Hall–Kier alpha value is -0.760. The van der Waals surface area contributed by atoms with Crippen LogP contribution in [0, 0.1) is 12.3 Å². The molecule has 0 saturated heterocycles. The van der Waals surface area contributed by atoms with Crippen molar-refractivity contribution >= 4 is 17.3 Å². The van der Waals surface area contributed by atoms with Crippen LogP contribution in [-0.2, 0) is 0 Å². The number of hydrogen-bond acceptors (Lipinski definition) is 2. The number of halogens is 1. The second-order valence-electron chi connectivity index (χ2n) is 5.85. The van der Waals surface area contributed by atoms with Crippen LogP contribution in [0.4, 0.5) is 5.69 Å². The quantitative estimate of drug-likeness (QED) is 0.788. The van der Waals surface area contributed by atoms with Gasteiger partial charge < -0.3 is 5.32 Å². The average molecular weight is 253 g/mol. The van der Waals surface area contributed by atoms with Crippen molar-refractivity contribution in [1.29, 1.82) is 0 Å². The largest absolute Gasteiger partial charge is 0.381 e. The van der Waals surface area contributed by atoms with Crippen molar-refractivity contribution in [2.75, 3.05) is 5.32 Å². The van der Waals surface area contributed by atoms with Crippen LogP contribution in [-0.4, -0.2) is 11.0 Å². The molecule has 1 aromatic rings. The lowest BCUT2D eigenvalue weighted by molar-refractivity contribution is 0.232. The SMILES string of the molecule is Cc1nc(Cl)ccc1NC1CCC(C)(C)CC1. The summed E-state index contributed by atoms with van der Waals surface area (Å²) >= 11 is 5.86. The summed E-state index contributed by atoms with van der Waals surface area (Å²) in [6.45, 7) is 6.72. The Labute approximate surface area is 109 Å². The molecule has 1 heterocycles. The first-order valence-corrected chi connectivity index (χ1v) is 6.74. The van der Waals surface area contributed by atoms with Gasteiger partial charge in [-0.15, -0.1) is 0 Å². The van der Waals surface area contributed by atoms with E-state index in [1.165, 1.54) is 25.7 Å². The fourth-order valence-electron chi connectivity index (χ4n) is 2.45. The highest BCUT2D eigenvalue weighted by Gasteiger charge is 2.26. The number of nitrogens with one attached hydrogen (secondary N) is 1. The van der Waals surface area contributed by atoms with Crippen molar-refractivity contribution in [3.05, 3.63) is 23.0 Å². The third kappa shape index (κ3) is 3.35. The molecule has 17 heavy (non-hydrogen) atoms. The number of aryl methyl sites for hydroxylation is 1. The summed E-state index contributed by atoms with van der Waals surface area (Å²) < 4.78 is 0. The molecule has 1 saturated carbocycles. The van der Waals surface area contributed by atoms with Crippen molar-refractivity contribution in [2.45, 2.75) is 52.5 Å². The van der Waals surface area contributed by atoms with Crippen molar-refractivity contribution < 1.29 is 0 Å². The standard InChI is InChI=1S/C14H21ClN2/c1-10-12(4-5-13(15)16-10)17-11-6-8-14(2,3)9-7-11/h4-5,11,17H,6-9H2,1-3H3. The molecule has 94 valence electrons. The van der Waals surface area contributed by atoms with Crippen LogP contribution in [0.1, 0.15) is 45.2 Å². The number of rotatable bonds is 2. The number of pyridine rings is 1. The summed E-state index contributed by atoms with van der Waals surface area (Å²) in [7, 11) is 0. The Bertz CT molecular complexity index is 391. The molecular weight excluding hydrogens is 232 g/mol. The fraction of sp³-hybridized carbons (Fsp3) is 0.643. The molecule has 2 rings (SSSR count). The van der Waals surface area contributed by atoms with Gasteiger partial charge in [-0.05, 0) is 50.2 Å². The normalized spacial score (nSPS) is 20.2. The van der Waals surface area contributed by atoms with E-state index in [1.54, 1.807) is 0 Å². The van der Waals surface area contributed by atoms with Gasteiger partial charge in [0.2, 0.25) is 0 Å². The fourth-order valence-corrected chi connectivity index (χ4v) is 2.64. The zero-order valence-corrected chi connectivity index (χ0v) is 11.6. The first-order valence-electron chi connectivity index (χ1n) is 6.36. The van der Waals surface area contributed by atoms with Gasteiger partial charge in [0.25, 0.3) is 0 Å². The maximum atomic E-state index is 5.86. The van der Waals surface area contributed by atoms with E-state index < -0.39 is 0 Å². The summed E-state index contributed by atoms with van der Waals surface area (Å²) in [5, 5.41) is 4.16. The summed E-state index contributed by atoms with van der Waals surface area (Å²) in [6, 6.07) is 4.47. The molecule has 1 aromatic heterocycles. The summed E-state index contributed by atoms with van der Waals surface area (Å²) in [5.41, 5.74) is 2.63. The van der Waals surface area contributed by atoms with Gasteiger partial charge in [0.05, 0.1) is 11.4 Å². The highest BCUT2D eigenvalue weighted by atomic mass is 35.5. The molecule has 0 bridgehead atoms. The van der Waals surface area contributed by atoms with E-state index in [4.69, 9.17) is 11.6 Å². The second-order valence-corrected chi connectivity index (χ2v) is 6.24. The van der Waals surface area contributed by atoms with E-state index in [9.17, 15) is 0 Å². The Morgan fingerprint density at radius 2 is 1.94 bits per heavy atom. The van der Waals surface area contributed by atoms with Crippen LogP contribution in [0.3, 0.4) is 0 Å². The van der Waals surface area contributed by atoms with Crippen LogP contribution < -0.4 is 5.32 Å². The molecule has 1 N–H and O–H groups in total. The predicted molar refractivity (Wildman–Crippen MR) is 73.6 cm³/mol. The third-order valence-electron chi connectivity index (χ3n) is 3.75. The molecule has 0 radical (unpaired) electrons. The van der Waals surface area contributed by atoms with Gasteiger partial charge in [-0.2, -0.15) is 0 Å². The zero-order chi connectivity index (χ0) is 12.5. The van der Waals surface area contributed by atoms with Gasteiger partial charge in [0.15, 0.2) is 0 Å². The molecule has 0 aromatic carbocycles. The smallest absolute Gasteiger partial charge is 0.129 e. The monoisotopic (exact) mass is 252 g/mol. The highest BCUT2D eigenvalue weighted by molar-refractivity contribution is 6.29. The maximum Gasteiger partial charge on any atom is 0.129 e. The third-order valence-corrected chi connectivity index (χ3v) is 3.96. The molecule has 0 amide bonds. The summed E-state index contributed by atoms with van der Waals surface area (Å²) in [4.78, 5) is 4.27. The van der Waals surface area contributed by atoms with Crippen molar-refractivity contribution in [1.82, 2.24) is 4.98 Å². The number of aromatic nitrogens is 1. The molecule has 0 atom stereocenters. The van der Waals surface area contributed by atoms with Gasteiger partial charge in [-0.1, -0.05) is 25.4 Å². The average Bonchev–Trinajstić information content (AvgIpc) is 2.25. The van der Waals surface area contributed by atoms with Crippen LogP contribution in [0.15, 0.2) is 12.1 Å². The van der Waals surface area contributed by atoms with Gasteiger partial charge in [-0.25, -0.2) is 4.98 Å². The van der Waals surface area contributed by atoms with E-state index >= 15 is 0 Å². The minimum atomic E-state index is 0.519. The molecular formula is C14H21ClN2. The minimum Gasteiger partial charge on any atom is -0.381 e. The predicted octanol–water partition coefficient (Wildman–Crippen LogP) is 4.42. The number of hydrogen-bond donors (Lipinski definition) is 1. The minimum absolute atomic E-state index is 0.519. The van der Waals surface area contributed by atoms with Crippen LogP contribution in [0.2, 0.25) is 5.15 Å². The lowest BCUT2D eigenvalue weighted by atomic mass is 9.75. The van der Waals surface area contributed by atoms with Crippen molar-refractivity contribution in [3.63, 3.8) is 0 Å². The summed E-state index contributed by atoms with van der Waals surface area (Å²) in [6.07, 6.45) is 5.08. The molecule has 0 spiro atoms. The molecule has 1 aliphatic carbocycles. The molecule has 2 nitrogen and oxygen atoms in total. The Balaban J connectivity index is 1.98. The molecule has 0 aliphatic heterocycles. The van der Waals surface area contributed by atoms with E-state index in [0.717, 1.165) is 11.4 Å². The first kappa shape index (κ1) is 12.7. The topological polar surface area (TPSA) is 24.9 Å². The molecule has 0 unspecified atom stereocenters. The van der Waals surface area contributed by atoms with Crippen molar-refractivity contribution in [2.24, 2.45) is 5.41 Å². The number of nitrogens with zero attached hydrogens (tertiary/aromatic N) is 1. The van der Waals surface area contributed by atoms with Crippen LogP contribution >= 0.6 is 11.6 Å². The molecule has 1 fully saturated rings. The van der Waals surface area contributed by atoms with E-state index in [1.807, 2.05) is 19.1 Å².